The minimum atomic E-state index is -0.420. The Morgan fingerprint density at radius 1 is 1.14 bits per heavy atom. The Morgan fingerprint density at radius 3 is 2.64 bits per heavy atom. The molecule has 1 heterocycles. The molecule has 5 nitrogen and oxygen atoms in total. The van der Waals surface area contributed by atoms with Crippen molar-refractivity contribution in [3.63, 3.8) is 0 Å². The number of carbonyl (C=O) groups is 3. The predicted octanol–water partition coefficient (Wildman–Crippen LogP) is 4.77. The van der Waals surface area contributed by atoms with Gasteiger partial charge in [0.1, 0.15) is 0 Å². The molecule has 3 amide bonds. The summed E-state index contributed by atoms with van der Waals surface area (Å²) >= 11 is 13.0. The van der Waals surface area contributed by atoms with Crippen LogP contribution >= 0.6 is 35.0 Å². The Kier molecular flexibility index (Phi) is 6.44. The molecular weight excluding hydrogens is 419 g/mol. The number of nitrogens with one attached hydrogen (secondary N) is 1. The number of rotatable bonds is 5. The van der Waals surface area contributed by atoms with Crippen LogP contribution in [0.4, 0.5) is 4.79 Å². The van der Waals surface area contributed by atoms with E-state index in [2.05, 4.69) is 5.32 Å². The minimum absolute atomic E-state index is 0.0862. The lowest BCUT2D eigenvalue weighted by molar-refractivity contribution is -0.122. The van der Waals surface area contributed by atoms with Crippen LogP contribution < -0.4 is 5.32 Å². The summed E-state index contributed by atoms with van der Waals surface area (Å²) in [7, 11) is 0. The highest BCUT2D eigenvalue weighted by atomic mass is 35.5. The molecule has 0 radical (unpaired) electrons. The van der Waals surface area contributed by atoms with Crippen molar-refractivity contribution in [1.82, 2.24) is 10.2 Å². The van der Waals surface area contributed by atoms with Gasteiger partial charge in [0, 0.05) is 18.7 Å². The monoisotopic (exact) mass is 434 g/mol. The van der Waals surface area contributed by atoms with Gasteiger partial charge in [-0.25, -0.2) is 0 Å². The number of imide groups is 1. The van der Waals surface area contributed by atoms with Crippen LogP contribution in [-0.4, -0.2) is 35.0 Å². The summed E-state index contributed by atoms with van der Waals surface area (Å²) < 4.78 is 0. The van der Waals surface area contributed by atoms with Gasteiger partial charge in [-0.3, -0.25) is 19.3 Å². The molecule has 28 heavy (non-hydrogen) atoms. The molecule has 2 aromatic carbocycles. The van der Waals surface area contributed by atoms with Gasteiger partial charge in [-0.05, 0) is 48.0 Å². The van der Waals surface area contributed by atoms with Crippen LogP contribution in [0, 0.1) is 6.92 Å². The number of thioether (sulfide) groups is 1. The molecule has 1 saturated heterocycles. The van der Waals surface area contributed by atoms with Crippen LogP contribution in [0.1, 0.15) is 21.5 Å². The van der Waals surface area contributed by atoms with Crippen LogP contribution in [0.25, 0.3) is 6.08 Å². The van der Waals surface area contributed by atoms with E-state index in [9.17, 15) is 14.4 Å². The second kappa shape index (κ2) is 8.82. The van der Waals surface area contributed by atoms with Crippen molar-refractivity contribution in [1.29, 1.82) is 0 Å². The molecule has 1 fully saturated rings. The molecule has 2 aromatic rings. The smallest absolute Gasteiger partial charge is 0.293 e. The van der Waals surface area contributed by atoms with E-state index in [1.165, 1.54) is 0 Å². The highest BCUT2D eigenvalue weighted by Gasteiger charge is 2.34. The van der Waals surface area contributed by atoms with Crippen LogP contribution in [0.2, 0.25) is 10.0 Å². The van der Waals surface area contributed by atoms with E-state index in [-0.39, 0.29) is 29.1 Å². The molecule has 1 aliphatic heterocycles. The molecule has 144 valence electrons. The maximum absolute atomic E-state index is 12.5. The Labute approximate surface area is 176 Å². The average Bonchev–Trinajstić information content (AvgIpc) is 2.93. The van der Waals surface area contributed by atoms with Crippen LogP contribution in [-0.2, 0) is 4.79 Å². The number of carbonyl (C=O) groups excluding carboxylic acids is 3. The first-order valence-corrected chi connectivity index (χ1v) is 9.99. The molecule has 1 N–H and O–H groups in total. The maximum atomic E-state index is 12.5. The van der Waals surface area contributed by atoms with Gasteiger partial charge in [0.05, 0.1) is 15.0 Å². The van der Waals surface area contributed by atoms with Gasteiger partial charge >= 0.3 is 0 Å². The Hall–Kier alpha value is -2.28. The second-order valence-electron chi connectivity index (χ2n) is 6.05. The zero-order valence-electron chi connectivity index (χ0n) is 14.9. The van der Waals surface area contributed by atoms with E-state index in [4.69, 9.17) is 23.2 Å². The molecule has 0 bridgehead atoms. The van der Waals surface area contributed by atoms with E-state index >= 15 is 0 Å². The molecule has 0 saturated carbocycles. The number of aryl methyl sites for hydroxylation is 1. The van der Waals surface area contributed by atoms with Crippen LogP contribution in [0.5, 0.6) is 0 Å². The Morgan fingerprint density at radius 2 is 1.89 bits per heavy atom. The predicted molar refractivity (Wildman–Crippen MR) is 113 cm³/mol. The van der Waals surface area contributed by atoms with Crippen molar-refractivity contribution < 1.29 is 14.4 Å². The quantitative estimate of drug-likeness (QED) is 0.688. The highest BCUT2D eigenvalue weighted by molar-refractivity contribution is 8.18. The number of benzene rings is 2. The first kappa shape index (κ1) is 20.5. The first-order valence-electron chi connectivity index (χ1n) is 8.41. The lowest BCUT2D eigenvalue weighted by atomic mass is 10.1. The number of hydrogen-bond acceptors (Lipinski definition) is 4. The fraction of sp³-hybridized carbons (Fsp3) is 0.150. The van der Waals surface area contributed by atoms with E-state index < -0.39 is 5.91 Å². The molecule has 0 aromatic heterocycles. The average molecular weight is 435 g/mol. The summed E-state index contributed by atoms with van der Waals surface area (Å²) in [6, 6.07) is 12.3. The third kappa shape index (κ3) is 4.41. The summed E-state index contributed by atoms with van der Waals surface area (Å²) in [5, 5.41) is 3.04. The van der Waals surface area contributed by atoms with Gasteiger partial charge in [-0.1, -0.05) is 53.5 Å². The third-order valence-corrected chi connectivity index (χ3v) is 5.89. The molecule has 0 spiro atoms. The van der Waals surface area contributed by atoms with Gasteiger partial charge in [-0.2, -0.15) is 0 Å². The number of nitrogens with zero attached hydrogens (tertiary/aromatic N) is 1. The summed E-state index contributed by atoms with van der Waals surface area (Å²) in [6.45, 7) is 2.09. The van der Waals surface area contributed by atoms with Gasteiger partial charge in [0.15, 0.2) is 0 Å². The largest absolute Gasteiger partial charge is 0.350 e. The summed E-state index contributed by atoms with van der Waals surface area (Å²) in [5.74, 6) is -0.664. The topological polar surface area (TPSA) is 66.5 Å². The lowest BCUT2D eigenvalue weighted by Crippen LogP contribution is -2.37. The Bertz CT molecular complexity index is 991. The van der Waals surface area contributed by atoms with Crippen molar-refractivity contribution in [3.8, 4) is 0 Å². The van der Waals surface area contributed by atoms with Crippen LogP contribution in [0.15, 0.2) is 47.4 Å². The zero-order chi connectivity index (χ0) is 20.3. The van der Waals surface area contributed by atoms with Crippen molar-refractivity contribution in [2.45, 2.75) is 6.92 Å². The molecule has 0 aliphatic carbocycles. The normalized spacial score (nSPS) is 15.4. The highest BCUT2D eigenvalue weighted by Crippen LogP contribution is 2.34. The zero-order valence-corrected chi connectivity index (χ0v) is 17.2. The number of hydrogen-bond donors (Lipinski definition) is 1. The molecule has 3 rings (SSSR count). The molecule has 0 atom stereocenters. The van der Waals surface area contributed by atoms with E-state index in [1.54, 1.807) is 36.4 Å². The second-order valence-corrected chi connectivity index (χ2v) is 7.83. The molecule has 8 heteroatoms. The van der Waals surface area contributed by atoms with Crippen molar-refractivity contribution in [2.24, 2.45) is 0 Å². The molecular formula is C20H16Cl2N2O3S. The van der Waals surface area contributed by atoms with Gasteiger partial charge in [0.25, 0.3) is 17.1 Å². The van der Waals surface area contributed by atoms with Gasteiger partial charge < -0.3 is 5.32 Å². The Balaban J connectivity index is 1.64. The van der Waals surface area contributed by atoms with Gasteiger partial charge in [-0.15, -0.1) is 0 Å². The van der Waals surface area contributed by atoms with Crippen LogP contribution in [0.3, 0.4) is 0 Å². The first-order chi connectivity index (χ1) is 13.4. The summed E-state index contributed by atoms with van der Waals surface area (Å²) in [5.41, 5.74) is 1.98. The van der Waals surface area contributed by atoms with E-state index in [0.29, 0.717) is 21.2 Å². The molecule has 0 unspecified atom stereocenters. The standard InChI is InChI=1S/C20H16Cl2N2O3S/c1-12-5-2-3-7-14(12)18(25)23-9-10-24-19(26)16(28-20(24)27)11-13-6-4-8-15(21)17(13)22/h2-8,11H,9-10H2,1H3,(H,23,25)/b16-11-. The number of halogens is 2. The summed E-state index contributed by atoms with van der Waals surface area (Å²) in [6.07, 6.45) is 1.55. The number of amides is 3. The minimum Gasteiger partial charge on any atom is -0.350 e. The van der Waals surface area contributed by atoms with E-state index in [0.717, 1.165) is 22.2 Å². The van der Waals surface area contributed by atoms with E-state index in [1.807, 2.05) is 19.1 Å². The summed E-state index contributed by atoms with van der Waals surface area (Å²) in [4.78, 5) is 38.3. The molecule has 1 aliphatic rings. The fourth-order valence-electron chi connectivity index (χ4n) is 2.67. The lowest BCUT2D eigenvalue weighted by Gasteiger charge is -2.13. The maximum Gasteiger partial charge on any atom is 0.293 e. The van der Waals surface area contributed by atoms with Crippen molar-refractivity contribution in [2.75, 3.05) is 13.1 Å². The van der Waals surface area contributed by atoms with Crippen molar-refractivity contribution >= 4 is 58.1 Å². The fourth-order valence-corrected chi connectivity index (χ4v) is 3.89. The SMILES string of the molecule is Cc1ccccc1C(=O)NCCN1C(=O)S/C(=C\c2cccc(Cl)c2Cl)C1=O. The van der Waals surface area contributed by atoms with Gasteiger partial charge in [0.2, 0.25) is 0 Å². The van der Waals surface area contributed by atoms with Crippen molar-refractivity contribution in [3.05, 3.63) is 74.1 Å². The third-order valence-electron chi connectivity index (χ3n) is 4.15.